The van der Waals surface area contributed by atoms with Crippen LogP contribution in [0.3, 0.4) is 0 Å². The predicted molar refractivity (Wildman–Crippen MR) is 99.6 cm³/mol. The van der Waals surface area contributed by atoms with Gasteiger partial charge in [0, 0.05) is 43.1 Å². The van der Waals surface area contributed by atoms with Gasteiger partial charge in [0.25, 0.3) is 0 Å². The minimum atomic E-state index is -0.0171. The largest absolute Gasteiger partial charge is 0.496 e. The maximum absolute atomic E-state index is 9.49. The number of anilines is 1. The van der Waals surface area contributed by atoms with Crippen molar-refractivity contribution in [3.05, 3.63) is 53.9 Å². The number of hydrogen-bond donors (Lipinski definition) is 2. The molecule has 3 rings (SSSR count). The number of benzene rings is 1. The quantitative estimate of drug-likeness (QED) is 0.846. The summed E-state index contributed by atoms with van der Waals surface area (Å²) in [6.07, 6.45) is 2.95. The highest BCUT2D eigenvalue weighted by Crippen LogP contribution is 2.26. The van der Waals surface area contributed by atoms with Crippen molar-refractivity contribution in [1.82, 2.24) is 9.88 Å². The number of nitrogens with one attached hydrogen (secondary N) is 1. The number of piperidine rings is 1. The van der Waals surface area contributed by atoms with Crippen molar-refractivity contribution in [3.63, 3.8) is 0 Å². The van der Waals surface area contributed by atoms with Crippen LogP contribution in [0.1, 0.15) is 24.6 Å². The first-order chi connectivity index (χ1) is 12.2. The van der Waals surface area contributed by atoms with Crippen LogP contribution >= 0.6 is 0 Å². The Bertz CT molecular complexity index is 678. The lowest BCUT2D eigenvalue weighted by Gasteiger charge is -2.37. The van der Waals surface area contributed by atoms with Crippen molar-refractivity contribution in [2.45, 2.75) is 32.5 Å². The van der Waals surface area contributed by atoms with E-state index in [0.717, 1.165) is 48.7 Å². The normalized spacial score (nSPS) is 21.1. The Morgan fingerprint density at radius 2 is 2.20 bits per heavy atom. The second-order valence-corrected chi connectivity index (χ2v) is 6.76. The molecule has 0 saturated carbocycles. The molecule has 0 spiro atoms. The van der Waals surface area contributed by atoms with E-state index in [4.69, 9.17) is 4.74 Å². The molecule has 0 amide bonds. The smallest absolute Gasteiger partial charge is 0.124 e. The van der Waals surface area contributed by atoms with Gasteiger partial charge in [0.2, 0.25) is 0 Å². The molecule has 1 aromatic heterocycles. The Kier molecular flexibility index (Phi) is 5.89. The van der Waals surface area contributed by atoms with Gasteiger partial charge in [-0.15, -0.1) is 0 Å². The minimum absolute atomic E-state index is 0.0171. The number of aliphatic hydroxyl groups excluding tert-OH is 1. The number of aromatic nitrogens is 1. The molecule has 2 heterocycles. The molecule has 0 radical (unpaired) electrons. The molecule has 25 heavy (non-hydrogen) atoms. The van der Waals surface area contributed by atoms with Crippen molar-refractivity contribution >= 4 is 5.69 Å². The topological polar surface area (TPSA) is 57.6 Å². The molecule has 1 saturated heterocycles. The zero-order valence-corrected chi connectivity index (χ0v) is 15.0. The van der Waals surface area contributed by atoms with Gasteiger partial charge in [0.15, 0.2) is 0 Å². The fourth-order valence-corrected chi connectivity index (χ4v) is 3.52. The van der Waals surface area contributed by atoms with Gasteiger partial charge >= 0.3 is 0 Å². The fraction of sp³-hybridized carbons (Fsp3) is 0.450. The third-order valence-corrected chi connectivity index (χ3v) is 4.90. The molecule has 0 aliphatic carbocycles. The maximum Gasteiger partial charge on any atom is 0.124 e. The molecule has 1 fully saturated rings. The lowest BCUT2D eigenvalue weighted by molar-refractivity contribution is 0.163. The second kappa shape index (κ2) is 8.32. The van der Waals surface area contributed by atoms with E-state index in [9.17, 15) is 5.11 Å². The first kappa shape index (κ1) is 17.7. The molecular weight excluding hydrogens is 314 g/mol. The Morgan fingerprint density at radius 3 is 2.88 bits per heavy atom. The monoisotopic (exact) mass is 341 g/mol. The van der Waals surface area contributed by atoms with Crippen molar-refractivity contribution in [3.8, 4) is 5.75 Å². The van der Waals surface area contributed by atoms with E-state index >= 15 is 0 Å². The summed E-state index contributed by atoms with van der Waals surface area (Å²) in [5.74, 6) is 1.27. The summed E-state index contributed by atoms with van der Waals surface area (Å²) in [5, 5.41) is 13.1. The van der Waals surface area contributed by atoms with Crippen LogP contribution in [0, 0.1) is 5.92 Å². The van der Waals surface area contributed by atoms with Gasteiger partial charge in [0.1, 0.15) is 5.75 Å². The number of nitrogens with zero attached hydrogens (tertiary/aromatic N) is 2. The summed E-state index contributed by atoms with van der Waals surface area (Å²) in [4.78, 5) is 6.90. The van der Waals surface area contributed by atoms with E-state index in [1.807, 2.05) is 36.5 Å². The van der Waals surface area contributed by atoms with Crippen LogP contribution in [-0.4, -0.2) is 41.2 Å². The summed E-state index contributed by atoms with van der Waals surface area (Å²) in [5.41, 5.74) is 2.98. The van der Waals surface area contributed by atoms with Gasteiger partial charge in [-0.3, -0.25) is 9.88 Å². The molecule has 2 aromatic rings. The standard InChI is InChI=1S/C20H27N3O2/c1-15-12-23(13-18-5-3-4-9-21-18)10-8-19(15)22-17-6-7-20(25-2)16(11-17)14-24/h3-7,9,11,15,19,22,24H,8,10,12-14H2,1-2H3. The highest BCUT2D eigenvalue weighted by atomic mass is 16.5. The van der Waals surface area contributed by atoms with E-state index in [-0.39, 0.29) is 6.61 Å². The molecule has 0 bridgehead atoms. The van der Waals surface area contributed by atoms with Gasteiger partial charge in [-0.05, 0) is 42.7 Å². The Morgan fingerprint density at radius 1 is 1.32 bits per heavy atom. The van der Waals surface area contributed by atoms with Crippen molar-refractivity contribution in [2.24, 2.45) is 5.92 Å². The number of aliphatic hydroxyl groups is 1. The lowest BCUT2D eigenvalue weighted by Crippen LogP contribution is -2.44. The molecular formula is C20H27N3O2. The first-order valence-electron chi connectivity index (χ1n) is 8.86. The van der Waals surface area contributed by atoms with E-state index in [0.29, 0.717) is 12.0 Å². The van der Waals surface area contributed by atoms with Gasteiger partial charge in [-0.1, -0.05) is 13.0 Å². The zero-order chi connectivity index (χ0) is 17.6. The first-order valence-corrected chi connectivity index (χ1v) is 8.86. The minimum Gasteiger partial charge on any atom is -0.496 e. The molecule has 134 valence electrons. The number of rotatable bonds is 6. The number of methoxy groups -OCH3 is 1. The van der Waals surface area contributed by atoms with Gasteiger partial charge in [0.05, 0.1) is 19.4 Å². The number of ether oxygens (including phenoxy) is 1. The molecule has 2 N–H and O–H groups in total. The molecule has 2 unspecified atom stereocenters. The number of likely N-dealkylation sites (tertiary alicyclic amines) is 1. The van der Waals surface area contributed by atoms with Gasteiger partial charge in [-0.2, -0.15) is 0 Å². The Hall–Kier alpha value is -2.11. The predicted octanol–water partition coefficient (Wildman–Crippen LogP) is 2.91. The van der Waals surface area contributed by atoms with Crippen molar-refractivity contribution < 1.29 is 9.84 Å². The van der Waals surface area contributed by atoms with Crippen LogP contribution in [0.2, 0.25) is 0 Å². The van der Waals surface area contributed by atoms with Crippen LogP contribution in [0.15, 0.2) is 42.6 Å². The molecule has 2 atom stereocenters. The third-order valence-electron chi connectivity index (χ3n) is 4.90. The fourth-order valence-electron chi connectivity index (χ4n) is 3.52. The van der Waals surface area contributed by atoms with Crippen LogP contribution in [0.5, 0.6) is 5.75 Å². The average molecular weight is 341 g/mol. The molecule has 5 nitrogen and oxygen atoms in total. The van der Waals surface area contributed by atoms with Crippen LogP contribution in [0.4, 0.5) is 5.69 Å². The average Bonchev–Trinajstić information content (AvgIpc) is 2.64. The van der Waals surface area contributed by atoms with Gasteiger partial charge in [-0.25, -0.2) is 0 Å². The van der Waals surface area contributed by atoms with E-state index in [1.165, 1.54) is 0 Å². The highest BCUT2D eigenvalue weighted by Gasteiger charge is 2.26. The van der Waals surface area contributed by atoms with Crippen LogP contribution < -0.4 is 10.1 Å². The zero-order valence-electron chi connectivity index (χ0n) is 15.0. The molecule has 1 aliphatic heterocycles. The molecule has 5 heteroatoms. The summed E-state index contributed by atoms with van der Waals surface area (Å²) in [7, 11) is 1.63. The maximum atomic E-state index is 9.49. The summed E-state index contributed by atoms with van der Waals surface area (Å²) >= 11 is 0. The van der Waals surface area contributed by atoms with Crippen LogP contribution in [-0.2, 0) is 13.2 Å². The summed E-state index contributed by atoms with van der Waals surface area (Å²) < 4.78 is 5.27. The number of pyridine rings is 1. The van der Waals surface area contributed by atoms with E-state index < -0.39 is 0 Å². The van der Waals surface area contributed by atoms with E-state index in [1.54, 1.807) is 7.11 Å². The summed E-state index contributed by atoms with van der Waals surface area (Å²) in [6, 6.07) is 12.4. The van der Waals surface area contributed by atoms with Gasteiger partial charge < -0.3 is 15.2 Å². The SMILES string of the molecule is COc1ccc(NC2CCN(Cc3ccccn3)CC2C)cc1CO. The second-order valence-electron chi connectivity index (χ2n) is 6.76. The lowest BCUT2D eigenvalue weighted by atomic mass is 9.93. The molecule has 1 aliphatic rings. The molecule has 1 aromatic carbocycles. The third kappa shape index (κ3) is 4.50. The van der Waals surface area contributed by atoms with Crippen molar-refractivity contribution in [2.75, 3.05) is 25.5 Å². The number of hydrogen-bond acceptors (Lipinski definition) is 5. The Balaban J connectivity index is 1.58. The van der Waals surface area contributed by atoms with Crippen LogP contribution in [0.25, 0.3) is 0 Å². The van der Waals surface area contributed by atoms with Crippen molar-refractivity contribution in [1.29, 1.82) is 0 Å². The highest BCUT2D eigenvalue weighted by molar-refractivity contribution is 5.51. The Labute approximate surface area is 149 Å². The van der Waals surface area contributed by atoms with E-state index in [2.05, 4.69) is 28.2 Å². The summed E-state index contributed by atoms with van der Waals surface area (Å²) in [6.45, 7) is 5.30.